The van der Waals surface area contributed by atoms with Crippen molar-refractivity contribution in [3.63, 3.8) is 0 Å². The van der Waals surface area contributed by atoms with Gasteiger partial charge in [-0.3, -0.25) is 4.98 Å². The SMILES string of the molecule is CC(CS(C)(=O)=O)N[C@@H](C)c1ccncc1. The van der Waals surface area contributed by atoms with E-state index in [9.17, 15) is 8.42 Å². The summed E-state index contributed by atoms with van der Waals surface area (Å²) in [4.78, 5) is 3.94. The van der Waals surface area contributed by atoms with Gasteiger partial charge in [-0.05, 0) is 31.5 Å². The topological polar surface area (TPSA) is 59.1 Å². The van der Waals surface area contributed by atoms with Crippen LogP contribution < -0.4 is 5.32 Å². The Balaban J connectivity index is 2.55. The summed E-state index contributed by atoms with van der Waals surface area (Å²) >= 11 is 0. The van der Waals surface area contributed by atoms with E-state index in [4.69, 9.17) is 0 Å². The lowest BCUT2D eigenvalue weighted by atomic mass is 10.1. The second-order valence-corrected chi connectivity index (χ2v) is 6.35. The summed E-state index contributed by atoms with van der Waals surface area (Å²) in [7, 11) is -2.93. The van der Waals surface area contributed by atoms with Gasteiger partial charge >= 0.3 is 0 Å². The monoisotopic (exact) mass is 242 g/mol. The highest BCUT2D eigenvalue weighted by molar-refractivity contribution is 7.90. The Morgan fingerprint density at radius 2 is 1.88 bits per heavy atom. The fourth-order valence-electron chi connectivity index (χ4n) is 1.68. The third-order valence-electron chi connectivity index (χ3n) is 2.29. The number of aromatic nitrogens is 1. The maximum atomic E-state index is 11.1. The van der Waals surface area contributed by atoms with Gasteiger partial charge in [0.1, 0.15) is 9.84 Å². The lowest BCUT2D eigenvalue weighted by Crippen LogP contribution is -2.34. The number of nitrogens with one attached hydrogen (secondary N) is 1. The second kappa shape index (κ2) is 5.41. The molecule has 0 spiro atoms. The van der Waals surface area contributed by atoms with Crippen LogP contribution in [0.25, 0.3) is 0 Å². The van der Waals surface area contributed by atoms with Crippen LogP contribution in [0.15, 0.2) is 24.5 Å². The van der Waals surface area contributed by atoms with Gasteiger partial charge in [-0.25, -0.2) is 8.42 Å². The molecule has 0 saturated heterocycles. The Kier molecular flexibility index (Phi) is 4.44. The van der Waals surface area contributed by atoms with Crippen molar-refractivity contribution in [2.75, 3.05) is 12.0 Å². The van der Waals surface area contributed by atoms with E-state index in [1.165, 1.54) is 6.26 Å². The van der Waals surface area contributed by atoms with Gasteiger partial charge in [0.2, 0.25) is 0 Å². The molecule has 0 fully saturated rings. The largest absolute Gasteiger partial charge is 0.307 e. The van der Waals surface area contributed by atoms with Crippen molar-refractivity contribution in [2.24, 2.45) is 0 Å². The van der Waals surface area contributed by atoms with Gasteiger partial charge in [-0.2, -0.15) is 0 Å². The van der Waals surface area contributed by atoms with Gasteiger partial charge in [0.25, 0.3) is 0 Å². The fraction of sp³-hybridized carbons (Fsp3) is 0.545. The number of nitrogens with zero attached hydrogens (tertiary/aromatic N) is 1. The molecule has 1 heterocycles. The smallest absolute Gasteiger partial charge is 0.148 e. The summed E-state index contributed by atoms with van der Waals surface area (Å²) in [5.41, 5.74) is 1.11. The molecule has 0 bridgehead atoms. The number of pyridine rings is 1. The first-order valence-corrected chi connectivity index (χ1v) is 7.28. The Bertz CT molecular complexity index is 417. The van der Waals surface area contributed by atoms with Crippen LogP contribution in [0.3, 0.4) is 0 Å². The van der Waals surface area contributed by atoms with Gasteiger partial charge in [0.05, 0.1) is 5.75 Å². The first kappa shape index (κ1) is 13.1. The Morgan fingerprint density at radius 1 is 1.31 bits per heavy atom. The molecule has 1 rings (SSSR count). The third kappa shape index (κ3) is 4.72. The van der Waals surface area contributed by atoms with E-state index in [0.717, 1.165) is 5.56 Å². The van der Waals surface area contributed by atoms with Crippen LogP contribution in [0.1, 0.15) is 25.5 Å². The molecule has 16 heavy (non-hydrogen) atoms. The quantitative estimate of drug-likeness (QED) is 0.842. The molecule has 1 aromatic heterocycles. The van der Waals surface area contributed by atoms with Crippen LogP contribution in [0.4, 0.5) is 0 Å². The molecule has 0 saturated carbocycles. The fourth-order valence-corrected chi connectivity index (χ4v) is 2.68. The van der Waals surface area contributed by atoms with Crippen molar-refractivity contribution in [3.05, 3.63) is 30.1 Å². The highest BCUT2D eigenvalue weighted by atomic mass is 32.2. The minimum absolute atomic E-state index is 0.0573. The summed E-state index contributed by atoms with van der Waals surface area (Å²) in [5.74, 6) is 0.155. The van der Waals surface area contributed by atoms with Gasteiger partial charge in [-0.15, -0.1) is 0 Å². The Labute approximate surface area is 97.0 Å². The van der Waals surface area contributed by atoms with Gasteiger partial charge in [-0.1, -0.05) is 0 Å². The van der Waals surface area contributed by atoms with Crippen LogP contribution in [0.2, 0.25) is 0 Å². The maximum absolute atomic E-state index is 11.1. The molecule has 1 unspecified atom stereocenters. The first-order chi connectivity index (χ1) is 7.38. The Morgan fingerprint density at radius 3 is 2.38 bits per heavy atom. The van der Waals surface area contributed by atoms with Crippen molar-refractivity contribution >= 4 is 9.84 Å². The standard InChI is InChI=1S/C11H18N2O2S/c1-9(8-16(3,14)15)13-10(2)11-4-6-12-7-5-11/h4-7,9-10,13H,8H2,1-3H3/t9?,10-/m0/s1. The van der Waals surface area contributed by atoms with E-state index in [1.54, 1.807) is 12.4 Å². The van der Waals surface area contributed by atoms with Gasteiger partial charge < -0.3 is 5.32 Å². The molecule has 0 radical (unpaired) electrons. The van der Waals surface area contributed by atoms with E-state index in [0.29, 0.717) is 0 Å². The van der Waals surface area contributed by atoms with Gasteiger partial charge in [0, 0.05) is 30.7 Å². The zero-order chi connectivity index (χ0) is 12.2. The van der Waals surface area contributed by atoms with Crippen LogP contribution in [-0.2, 0) is 9.84 Å². The lowest BCUT2D eigenvalue weighted by molar-refractivity contribution is 0.500. The molecular formula is C11H18N2O2S. The van der Waals surface area contributed by atoms with Gasteiger partial charge in [0.15, 0.2) is 0 Å². The normalized spacial score (nSPS) is 15.7. The van der Waals surface area contributed by atoms with Crippen molar-refractivity contribution in [1.82, 2.24) is 10.3 Å². The molecule has 0 aliphatic carbocycles. The van der Waals surface area contributed by atoms with Crippen molar-refractivity contribution in [2.45, 2.75) is 25.9 Å². The Hall–Kier alpha value is -0.940. The minimum Gasteiger partial charge on any atom is -0.307 e. The highest BCUT2D eigenvalue weighted by Gasteiger charge is 2.13. The van der Waals surface area contributed by atoms with Crippen molar-refractivity contribution < 1.29 is 8.42 Å². The van der Waals surface area contributed by atoms with E-state index < -0.39 is 9.84 Å². The molecule has 4 nitrogen and oxygen atoms in total. The van der Waals surface area contributed by atoms with Crippen molar-refractivity contribution in [1.29, 1.82) is 0 Å². The molecule has 1 aromatic rings. The molecule has 2 atom stereocenters. The zero-order valence-corrected chi connectivity index (χ0v) is 10.7. The molecule has 90 valence electrons. The highest BCUT2D eigenvalue weighted by Crippen LogP contribution is 2.11. The van der Waals surface area contributed by atoms with E-state index in [2.05, 4.69) is 10.3 Å². The molecule has 0 aliphatic rings. The predicted octanol–water partition coefficient (Wildman–Crippen LogP) is 1.17. The lowest BCUT2D eigenvalue weighted by Gasteiger charge is -2.19. The molecule has 0 aromatic carbocycles. The second-order valence-electron chi connectivity index (χ2n) is 4.16. The maximum Gasteiger partial charge on any atom is 0.148 e. The third-order valence-corrected chi connectivity index (χ3v) is 3.40. The predicted molar refractivity (Wildman–Crippen MR) is 65.0 cm³/mol. The number of hydrogen-bond acceptors (Lipinski definition) is 4. The molecule has 0 aliphatic heterocycles. The van der Waals surface area contributed by atoms with Crippen LogP contribution >= 0.6 is 0 Å². The number of hydrogen-bond donors (Lipinski definition) is 1. The minimum atomic E-state index is -2.93. The average Bonchev–Trinajstić information content (AvgIpc) is 2.16. The van der Waals surface area contributed by atoms with E-state index in [1.807, 2.05) is 26.0 Å². The summed E-state index contributed by atoms with van der Waals surface area (Å²) in [5, 5.41) is 3.25. The number of rotatable bonds is 5. The van der Waals surface area contributed by atoms with E-state index >= 15 is 0 Å². The summed E-state index contributed by atoms with van der Waals surface area (Å²) in [6.45, 7) is 3.88. The molecular weight excluding hydrogens is 224 g/mol. The van der Waals surface area contributed by atoms with Crippen LogP contribution in [0, 0.1) is 0 Å². The summed E-state index contributed by atoms with van der Waals surface area (Å²) in [6.07, 6.45) is 4.71. The summed E-state index contributed by atoms with van der Waals surface area (Å²) in [6, 6.07) is 3.91. The van der Waals surface area contributed by atoms with E-state index in [-0.39, 0.29) is 17.8 Å². The summed E-state index contributed by atoms with van der Waals surface area (Å²) < 4.78 is 22.2. The van der Waals surface area contributed by atoms with Crippen molar-refractivity contribution in [3.8, 4) is 0 Å². The number of sulfone groups is 1. The molecule has 5 heteroatoms. The zero-order valence-electron chi connectivity index (χ0n) is 9.84. The van der Waals surface area contributed by atoms with Crippen LogP contribution in [-0.4, -0.2) is 31.5 Å². The molecule has 1 N–H and O–H groups in total. The molecule has 0 amide bonds. The average molecular weight is 242 g/mol. The first-order valence-electron chi connectivity index (χ1n) is 5.22. The van der Waals surface area contributed by atoms with Crippen LogP contribution in [0.5, 0.6) is 0 Å².